The van der Waals surface area contributed by atoms with Gasteiger partial charge in [0.05, 0.1) is 6.57 Å². The summed E-state index contributed by atoms with van der Waals surface area (Å²) in [5.74, 6) is 1.70. The average molecular weight is 1390 g/mol. The predicted molar refractivity (Wildman–Crippen MR) is 369 cm³/mol. The van der Waals surface area contributed by atoms with Crippen molar-refractivity contribution in [2.45, 2.75) is 52.4 Å². The quantitative estimate of drug-likeness (QED) is 0.107. The molecular weight excluding hydrogens is 1330 g/mol. The summed E-state index contributed by atoms with van der Waals surface area (Å²) in [7, 11) is 0. The van der Waals surface area contributed by atoms with Gasteiger partial charge in [-0.05, 0) is 34.6 Å². The maximum Gasteiger partial charge on any atom is 0 e. The molecule has 1 aliphatic rings. The molecule has 0 amide bonds. The molecular formula is C81H62GeN5OPt-3. The first-order valence-electron chi connectivity index (χ1n) is 30.1. The Bertz CT molecular complexity index is 5110. The van der Waals surface area contributed by atoms with Gasteiger partial charge >= 0.3 is 378 Å². The largest absolute Gasteiger partial charge is 0 e. The van der Waals surface area contributed by atoms with E-state index in [2.05, 4.69) is 316 Å². The van der Waals surface area contributed by atoms with Gasteiger partial charge in [0.15, 0.2) is 0 Å². The molecule has 0 aliphatic carbocycles. The normalized spacial score (nSPS) is 12.3. The molecule has 0 N–H and O–H groups in total. The van der Waals surface area contributed by atoms with E-state index in [1.165, 1.54) is 28.7 Å². The van der Waals surface area contributed by atoms with Gasteiger partial charge in [0, 0.05) is 38.5 Å². The van der Waals surface area contributed by atoms with E-state index in [1.807, 2.05) is 18.3 Å². The Kier molecular flexibility index (Phi) is 14.4. The number of hydrogen-bond donors (Lipinski definition) is 0. The Morgan fingerprint density at radius 2 is 1.02 bits per heavy atom. The summed E-state index contributed by atoms with van der Waals surface area (Å²) in [5, 5.41) is 8.87. The van der Waals surface area contributed by atoms with Gasteiger partial charge in [-0.1, -0.05) is 44.5 Å². The van der Waals surface area contributed by atoms with Crippen LogP contribution in [0.4, 0.5) is 17.1 Å². The fourth-order valence-electron chi connectivity index (χ4n) is 13.5. The third-order valence-electron chi connectivity index (χ3n) is 17.7. The Labute approximate surface area is 537 Å². The SMILES string of the molecule is [C-]#[N+]c1cc(Oc2[c-]c3c(cc2)c2ccccc2n3-c2cc(C(C)(C)C)ccn2)[c-]c(N2[CH-]n3c4c(-c5cc(C(C)(C)C)c[c]([Ge]([c]6ccccc6)([c]6ccccc6)[c]6ccccc6)c5)cccc4c4ccccc4c4ccccc4c4cccc2c43)c1.[Pt]. The minimum absolute atomic E-state index is 0. The second-order valence-corrected chi connectivity index (χ2v) is 33.1. The molecule has 4 heterocycles. The van der Waals surface area contributed by atoms with E-state index in [1.54, 1.807) is 6.07 Å². The minimum atomic E-state index is -3.85. The second kappa shape index (κ2) is 22.5. The summed E-state index contributed by atoms with van der Waals surface area (Å²) in [5.41, 5.74) is 10.4. The van der Waals surface area contributed by atoms with Crippen LogP contribution >= 0.6 is 0 Å². The number of aromatic nitrogens is 3. The molecule has 0 saturated carbocycles. The summed E-state index contributed by atoms with van der Waals surface area (Å²) in [4.78, 5) is 11.2. The van der Waals surface area contributed by atoms with Crippen LogP contribution in [0.15, 0.2) is 261 Å². The third kappa shape index (κ3) is 9.76. The van der Waals surface area contributed by atoms with Gasteiger partial charge < -0.3 is 4.57 Å². The zero-order valence-electron chi connectivity index (χ0n) is 50.4. The molecule has 3 aromatic heterocycles. The topological polar surface area (TPSA) is 39.6 Å². The number of para-hydroxylation sites is 3. The van der Waals surface area contributed by atoms with Crippen molar-refractivity contribution in [3.05, 3.63) is 302 Å². The summed E-state index contributed by atoms with van der Waals surface area (Å²) in [6.07, 6.45) is 1.89. The number of hydrogen-bond acceptors (Lipinski definition) is 3. The third-order valence-corrected chi connectivity index (χ3v) is 27.7. The van der Waals surface area contributed by atoms with Gasteiger partial charge in [0.25, 0.3) is 0 Å². The first-order valence-corrected chi connectivity index (χ1v) is 34.3. The van der Waals surface area contributed by atoms with Crippen molar-refractivity contribution in [3.8, 4) is 28.4 Å². The molecule has 0 unspecified atom stereocenters. The van der Waals surface area contributed by atoms with Crippen molar-refractivity contribution in [2.75, 3.05) is 4.90 Å². The minimum Gasteiger partial charge on any atom is 0 e. The van der Waals surface area contributed by atoms with E-state index in [0.29, 0.717) is 22.9 Å². The van der Waals surface area contributed by atoms with E-state index in [4.69, 9.17) is 16.3 Å². The van der Waals surface area contributed by atoms with Crippen LogP contribution in [0.25, 0.3) is 86.9 Å². The zero-order chi connectivity index (χ0) is 59.9. The van der Waals surface area contributed by atoms with Crippen molar-refractivity contribution < 1.29 is 25.8 Å². The molecule has 0 bridgehead atoms. The van der Waals surface area contributed by atoms with Gasteiger partial charge in [-0.25, -0.2) is 4.98 Å². The van der Waals surface area contributed by atoms with Crippen LogP contribution in [0.2, 0.25) is 0 Å². The van der Waals surface area contributed by atoms with Crippen LogP contribution < -0.4 is 27.2 Å². The molecule has 0 atom stereocenters. The number of nitrogens with zero attached hydrogens (tertiary/aromatic N) is 5. The standard InChI is InChI=1S/C81H62GeN5O.Pt/c1-80(2,3)55-43-44-84-77(48-55)87-74-39-22-21-35-70(74)71-42-41-63(52-76(71)87)88-64-50-61(83-7)49-62(51-64)85-53-86-78-65(36-23-37-72(78)68-33-19-17-31-66(68)67-32-18-20-34-69(67)73-38-24-40-75(85)79(73)86)54-45-56(81(4,5)6)47-60(46-54)82(57-25-11-8-12-26-57,58-27-13-9-14-28-58)59-29-15-10-16-30-59;/h8-50,53H,1-6H3;/q-3;. The monoisotopic (exact) mass is 1390 g/mol. The summed E-state index contributed by atoms with van der Waals surface area (Å²) < 4.78 is 16.9. The van der Waals surface area contributed by atoms with Crippen LogP contribution in [-0.4, -0.2) is 27.4 Å². The molecule has 0 fully saturated rings. The van der Waals surface area contributed by atoms with Crippen molar-refractivity contribution in [1.29, 1.82) is 0 Å². The van der Waals surface area contributed by atoms with E-state index < -0.39 is 13.3 Å². The van der Waals surface area contributed by atoms with Crippen LogP contribution in [0.3, 0.4) is 0 Å². The Morgan fingerprint density at radius 1 is 0.472 bits per heavy atom. The van der Waals surface area contributed by atoms with Crippen molar-refractivity contribution in [3.63, 3.8) is 0 Å². The number of fused-ring (bicyclic) bond motifs is 10. The first-order chi connectivity index (χ1) is 42.8. The van der Waals surface area contributed by atoms with Crippen LogP contribution in [0.1, 0.15) is 52.7 Å². The Morgan fingerprint density at radius 3 is 1.63 bits per heavy atom. The predicted octanol–water partition coefficient (Wildman–Crippen LogP) is 18.4. The number of anilines is 2. The van der Waals surface area contributed by atoms with E-state index >= 15 is 0 Å². The number of benzene rings is 11. The zero-order valence-corrected chi connectivity index (χ0v) is 54.7. The molecule has 8 heteroatoms. The van der Waals surface area contributed by atoms with Crippen LogP contribution in [0, 0.1) is 25.4 Å². The average Bonchev–Trinajstić information content (AvgIpc) is 1.69. The first kappa shape index (κ1) is 57.1. The van der Waals surface area contributed by atoms with Crippen molar-refractivity contribution >= 4 is 113 Å². The molecule has 0 radical (unpaired) electrons. The van der Waals surface area contributed by atoms with E-state index in [0.717, 1.165) is 87.8 Å². The van der Waals surface area contributed by atoms with Crippen LogP contribution in [0.5, 0.6) is 11.5 Å². The van der Waals surface area contributed by atoms with Gasteiger partial charge in [-0.3, -0.25) is 0 Å². The van der Waals surface area contributed by atoms with E-state index in [9.17, 15) is 0 Å². The molecule has 11 aromatic carbocycles. The second-order valence-electron chi connectivity index (χ2n) is 25.1. The summed E-state index contributed by atoms with van der Waals surface area (Å²) in [6, 6.07) is 100. The Hall–Kier alpha value is -9.64. The fourth-order valence-corrected chi connectivity index (χ4v) is 23.6. The number of pyridine rings is 1. The molecule has 6 nitrogen and oxygen atoms in total. The van der Waals surface area contributed by atoms with Crippen LogP contribution in [-0.2, 0) is 31.9 Å². The van der Waals surface area contributed by atoms with Gasteiger partial charge in [0.2, 0.25) is 0 Å². The molecule has 434 valence electrons. The maximum absolute atomic E-state index is 8.55. The van der Waals surface area contributed by atoms with Crippen molar-refractivity contribution in [2.24, 2.45) is 0 Å². The number of rotatable bonds is 9. The van der Waals surface area contributed by atoms with Gasteiger partial charge in [-0.15, -0.1) is 17.5 Å². The van der Waals surface area contributed by atoms with Crippen molar-refractivity contribution in [1.82, 2.24) is 14.1 Å². The van der Waals surface area contributed by atoms with Gasteiger partial charge in [0.1, 0.15) is 5.82 Å². The van der Waals surface area contributed by atoms with Gasteiger partial charge in [-0.2, -0.15) is 6.07 Å². The molecule has 15 rings (SSSR count). The Balaban J connectivity index is 0.00000694. The van der Waals surface area contributed by atoms with E-state index in [-0.39, 0.29) is 31.9 Å². The smallest absolute Gasteiger partial charge is 0 e. The molecule has 89 heavy (non-hydrogen) atoms. The molecule has 1 aliphatic heterocycles. The molecule has 0 saturated heterocycles. The fraction of sp³-hybridized carbons (Fsp3) is 0.0988. The maximum atomic E-state index is 8.55. The summed E-state index contributed by atoms with van der Waals surface area (Å²) in [6.45, 7) is 24.4. The summed E-state index contributed by atoms with van der Waals surface area (Å²) >= 11 is -3.85. The number of ether oxygens (including phenoxy) is 1. The molecule has 0 spiro atoms. The molecule has 14 aromatic rings.